The third kappa shape index (κ3) is 2.38. The third-order valence-electron chi connectivity index (χ3n) is 3.09. The Bertz CT molecular complexity index is 332. The van der Waals surface area contributed by atoms with Crippen molar-refractivity contribution >= 4 is 5.97 Å². The Kier molecular flexibility index (Phi) is 3.05. The summed E-state index contributed by atoms with van der Waals surface area (Å²) < 4.78 is 0. The van der Waals surface area contributed by atoms with Gasteiger partial charge < -0.3 is 5.11 Å². The number of carboxylic acids is 1. The Balaban J connectivity index is 2.08. The van der Waals surface area contributed by atoms with Crippen LogP contribution in [0.3, 0.4) is 0 Å². The molecule has 79 valence electrons. The van der Waals surface area contributed by atoms with Crippen LogP contribution in [0.1, 0.15) is 30.7 Å². The van der Waals surface area contributed by atoms with Gasteiger partial charge in [-0.05, 0) is 37.2 Å². The van der Waals surface area contributed by atoms with Crippen LogP contribution in [0.5, 0.6) is 0 Å². The molecule has 0 saturated heterocycles. The first-order chi connectivity index (χ1) is 7.27. The Labute approximate surface area is 89.9 Å². The van der Waals surface area contributed by atoms with Gasteiger partial charge in [0, 0.05) is 0 Å². The van der Waals surface area contributed by atoms with Crippen LogP contribution in [0.2, 0.25) is 0 Å². The maximum atomic E-state index is 10.9. The van der Waals surface area contributed by atoms with Gasteiger partial charge in [-0.3, -0.25) is 4.79 Å². The number of aliphatic carboxylic acids is 1. The highest BCUT2D eigenvalue weighted by Gasteiger charge is 2.27. The van der Waals surface area contributed by atoms with Crippen LogP contribution >= 0.6 is 0 Å². The molecule has 1 radical (unpaired) electrons. The molecule has 1 aliphatic rings. The Hall–Kier alpha value is -1.31. The van der Waals surface area contributed by atoms with Crippen LogP contribution in [0.4, 0.5) is 0 Å². The zero-order chi connectivity index (χ0) is 10.7. The van der Waals surface area contributed by atoms with Crippen LogP contribution in [-0.2, 0) is 4.79 Å². The zero-order valence-electron chi connectivity index (χ0n) is 8.60. The zero-order valence-corrected chi connectivity index (χ0v) is 8.60. The van der Waals surface area contributed by atoms with Gasteiger partial charge in [-0.2, -0.15) is 0 Å². The molecule has 15 heavy (non-hydrogen) atoms. The fourth-order valence-corrected chi connectivity index (χ4v) is 2.25. The van der Waals surface area contributed by atoms with Crippen LogP contribution in [-0.4, -0.2) is 11.1 Å². The van der Waals surface area contributed by atoms with E-state index in [0.717, 1.165) is 19.3 Å². The molecular formula is C13H15O2. The van der Waals surface area contributed by atoms with E-state index in [-0.39, 0.29) is 5.92 Å². The summed E-state index contributed by atoms with van der Waals surface area (Å²) >= 11 is 0. The smallest absolute Gasteiger partial charge is 0.306 e. The number of hydrogen-bond donors (Lipinski definition) is 1. The lowest BCUT2D eigenvalue weighted by atomic mass is 9.78. The molecule has 0 aliphatic heterocycles. The van der Waals surface area contributed by atoms with E-state index in [9.17, 15) is 4.79 Å². The topological polar surface area (TPSA) is 37.3 Å². The van der Waals surface area contributed by atoms with Crippen molar-refractivity contribution in [3.63, 3.8) is 0 Å². The number of rotatable bonds is 2. The van der Waals surface area contributed by atoms with Gasteiger partial charge >= 0.3 is 5.97 Å². The predicted octanol–water partition coefficient (Wildman–Crippen LogP) is 2.86. The molecule has 0 spiro atoms. The van der Waals surface area contributed by atoms with E-state index in [1.165, 1.54) is 5.56 Å². The minimum Gasteiger partial charge on any atom is -0.481 e. The molecule has 2 unspecified atom stereocenters. The van der Waals surface area contributed by atoms with E-state index < -0.39 is 5.97 Å². The Morgan fingerprint density at radius 2 is 2.00 bits per heavy atom. The fraction of sp³-hybridized carbons (Fsp3) is 0.385. The lowest BCUT2D eigenvalue weighted by Crippen LogP contribution is -2.22. The van der Waals surface area contributed by atoms with Gasteiger partial charge in [0.05, 0.1) is 5.92 Å². The summed E-state index contributed by atoms with van der Waals surface area (Å²) in [7, 11) is 0. The number of benzene rings is 1. The van der Waals surface area contributed by atoms with Crippen molar-refractivity contribution in [2.45, 2.75) is 25.2 Å². The maximum Gasteiger partial charge on any atom is 0.306 e. The Morgan fingerprint density at radius 1 is 1.27 bits per heavy atom. The first-order valence-electron chi connectivity index (χ1n) is 5.38. The first kappa shape index (κ1) is 10.2. The second kappa shape index (κ2) is 4.47. The van der Waals surface area contributed by atoms with E-state index >= 15 is 0 Å². The predicted molar refractivity (Wildman–Crippen MR) is 58.5 cm³/mol. The van der Waals surface area contributed by atoms with Crippen molar-refractivity contribution in [3.8, 4) is 0 Å². The van der Waals surface area contributed by atoms with E-state index in [1.54, 1.807) is 0 Å². The molecule has 1 saturated carbocycles. The van der Waals surface area contributed by atoms with Gasteiger partial charge in [0.25, 0.3) is 0 Å². The second-order valence-corrected chi connectivity index (χ2v) is 4.10. The summed E-state index contributed by atoms with van der Waals surface area (Å²) in [5, 5.41) is 8.97. The average molecular weight is 203 g/mol. The average Bonchev–Trinajstić information content (AvgIpc) is 2.30. The SMILES string of the molecule is O=C(O)C1[CH]CCC(c2ccccc2)C1. The van der Waals surface area contributed by atoms with Crippen molar-refractivity contribution in [3.05, 3.63) is 42.3 Å². The summed E-state index contributed by atoms with van der Waals surface area (Å²) in [4.78, 5) is 10.9. The standard InChI is InChI=1S/C13H15O2/c14-13(15)12-8-4-7-11(9-12)10-5-2-1-3-6-10/h1-3,5-6,8,11-12H,4,7,9H2,(H,14,15). The summed E-state index contributed by atoms with van der Waals surface area (Å²) in [6.07, 6.45) is 4.67. The maximum absolute atomic E-state index is 10.9. The normalized spacial score (nSPS) is 26.1. The van der Waals surface area contributed by atoms with Crippen molar-refractivity contribution in [2.75, 3.05) is 0 Å². The molecule has 2 nitrogen and oxygen atoms in total. The minimum absolute atomic E-state index is 0.260. The van der Waals surface area contributed by atoms with Crippen LogP contribution in [0, 0.1) is 12.3 Å². The van der Waals surface area contributed by atoms with E-state index in [2.05, 4.69) is 12.1 Å². The first-order valence-corrected chi connectivity index (χ1v) is 5.38. The third-order valence-corrected chi connectivity index (χ3v) is 3.09. The molecule has 2 rings (SSSR count). The highest BCUT2D eigenvalue weighted by Crippen LogP contribution is 2.35. The van der Waals surface area contributed by atoms with Crippen molar-refractivity contribution in [2.24, 2.45) is 5.92 Å². The van der Waals surface area contributed by atoms with Gasteiger partial charge in [-0.15, -0.1) is 0 Å². The molecule has 1 aliphatic carbocycles. The van der Waals surface area contributed by atoms with E-state index in [1.807, 2.05) is 24.6 Å². The molecule has 2 atom stereocenters. The second-order valence-electron chi connectivity index (χ2n) is 4.10. The van der Waals surface area contributed by atoms with Crippen LogP contribution < -0.4 is 0 Å². The number of carboxylic acid groups (broad SMARTS) is 1. The van der Waals surface area contributed by atoms with Crippen LogP contribution in [0.25, 0.3) is 0 Å². The van der Waals surface area contributed by atoms with E-state index in [4.69, 9.17) is 5.11 Å². The molecule has 1 N–H and O–H groups in total. The number of carbonyl (C=O) groups is 1. The highest BCUT2D eigenvalue weighted by molar-refractivity contribution is 5.71. The van der Waals surface area contributed by atoms with Crippen LogP contribution in [0.15, 0.2) is 30.3 Å². The molecule has 1 fully saturated rings. The van der Waals surface area contributed by atoms with Gasteiger partial charge in [0.2, 0.25) is 0 Å². The highest BCUT2D eigenvalue weighted by atomic mass is 16.4. The molecular weight excluding hydrogens is 188 g/mol. The molecule has 0 amide bonds. The van der Waals surface area contributed by atoms with Crippen molar-refractivity contribution < 1.29 is 9.90 Å². The largest absolute Gasteiger partial charge is 0.481 e. The van der Waals surface area contributed by atoms with Crippen molar-refractivity contribution in [1.82, 2.24) is 0 Å². The lowest BCUT2D eigenvalue weighted by molar-refractivity contribution is -0.141. The molecule has 0 heterocycles. The van der Waals surface area contributed by atoms with Gasteiger partial charge in [0.15, 0.2) is 0 Å². The van der Waals surface area contributed by atoms with Gasteiger partial charge in [0.1, 0.15) is 0 Å². The van der Waals surface area contributed by atoms with E-state index in [0.29, 0.717) is 5.92 Å². The molecule has 0 aromatic heterocycles. The lowest BCUT2D eigenvalue weighted by Gasteiger charge is -2.26. The molecule has 2 heteroatoms. The van der Waals surface area contributed by atoms with Crippen molar-refractivity contribution in [1.29, 1.82) is 0 Å². The summed E-state index contributed by atoms with van der Waals surface area (Å²) in [5.74, 6) is -0.531. The fourth-order valence-electron chi connectivity index (χ4n) is 2.25. The molecule has 1 aromatic rings. The summed E-state index contributed by atoms with van der Waals surface area (Å²) in [6, 6.07) is 10.2. The minimum atomic E-state index is -0.685. The summed E-state index contributed by atoms with van der Waals surface area (Å²) in [5.41, 5.74) is 1.27. The monoisotopic (exact) mass is 203 g/mol. The molecule has 0 bridgehead atoms. The van der Waals surface area contributed by atoms with Gasteiger partial charge in [-0.1, -0.05) is 30.3 Å². The summed E-state index contributed by atoms with van der Waals surface area (Å²) in [6.45, 7) is 0. The molecule has 1 aromatic carbocycles. The number of hydrogen-bond acceptors (Lipinski definition) is 1. The Morgan fingerprint density at radius 3 is 2.67 bits per heavy atom. The quantitative estimate of drug-likeness (QED) is 0.802. The van der Waals surface area contributed by atoms with Gasteiger partial charge in [-0.25, -0.2) is 0 Å².